The van der Waals surface area contributed by atoms with Gasteiger partial charge in [-0.2, -0.15) is 18.2 Å². The van der Waals surface area contributed by atoms with E-state index in [-0.39, 0.29) is 11.8 Å². The van der Waals surface area contributed by atoms with Crippen molar-refractivity contribution >= 4 is 39.1 Å². The van der Waals surface area contributed by atoms with Crippen molar-refractivity contribution in [1.29, 1.82) is 0 Å². The Kier molecular flexibility index (Phi) is 6.65. The number of aromatic nitrogens is 2. The zero-order valence-electron chi connectivity index (χ0n) is 16.9. The average molecular weight is 479 g/mol. The summed E-state index contributed by atoms with van der Waals surface area (Å²) in [6, 6.07) is 14.8. The zero-order valence-corrected chi connectivity index (χ0v) is 18.5. The maximum atomic E-state index is 13.7. The van der Waals surface area contributed by atoms with E-state index < -0.39 is 11.7 Å². The fourth-order valence-corrected chi connectivity index (χ4v) is 3.32. The van der Waals surface area contributed by atoms with Gasteiger partial charge in [0.2, 0.25) is 5.95 Å². The van der Waals surface area contributed by atoms with Crippen molar-refractivity contribution in [2.45, 2.75) is 25.9 Å². The second kappa shape index (κ2) is 9.04. The van der Waals surface area contributed by atoms with Crippen LogP contribution < -0.4 is 9.80 Å². The van der Waals surface area contributed by atoms with Crippen molar-refractivity contribution < 1.29 is 13.2 Å². The third-order valence-electron chi connectivity index (χ3n) is 4.76. The summed E-state index contributed by atoms with van der Waals surface area (Å²) in [5.41, 5.74) is 1.64. The van der Waals surface area contributed by atoms with Crippen molar-refractivity contribution in [1.82, 2.24) is 9.97 Å². The maximum Gasteiger partial charge on any atom is 0.421 e. The molecule has 0 amide bonds. The smallest absolute Gasteiger partial charge is 0.329 e. The molecule has 30 heavy (non-hydrogen) atoms. The second-order valence-corrected chi connectivity index (χ2v) is 7.83. The minimum absolute atomic E-state index is 0.176. The molecule has 0 aliphatic rings. The monoisotopic (exact) mass is 478 g/mol. The lowest BCUT2D eigenvalue weighted by molar-refractivity contribution is -0.137. The minimum atomic E-state index is -4.57. The minimum Gasteiger partial charge on any atom is -0.329 e. The normalized spacial score (nSPS) is 11.4. The molecule has 1 aromatic heterocycles. The van der Waals surface area contributed by atoms with Crippen molar-refractivity contribution in [3.63, 3.8) is 0 Å². The second-order valence-electron chi connectivity index (χ2n) is 6.92. The number of rotatable bonds is 6. The summed E-state index contributed by atoms with van der Waals surface area (Å²) in [6.45, 7) is 2.08. The molecule has 0 N–H and O–H groups in total. The highest BCUT2D eigenvalue weighted by Gasteiger charge is 2.37. The lowest BCUT2D eigenvalue weighted by atomic mass is 10.1. The van der Waals surface area contributed by atoms with E-state index >= 15 is 0 Å². The van der Waals surface area contributed by atoms with Crippen molar-refractivity contribution in [2.24, 2.45) is 0 Å². The van der Waals surface area contributed by atoms with Crippen molar-refractivity contribution in [3.8, 4) is 0 Å². The lowest BCUT2D eigenvalue weighted by Gasteiger charge is -2.25. The number of benzene rings is 2. The Morgan fingerprint density at radius 1 is 0.900 bits per heavy atom. The van der Waals surface area contributed by atoms with E-state index in [2.05, 4.69) is 32.8 Å². The average Bonchev–Trinajstić information content (AvgIpc) is 2.73. The van der Waals surface area contributed by atoms with Gasteiger partial charge in [0.05, 0.1) is 0 Å². The first-order chi connectivity index (χ1) is 14.2. The first-order valence-corrected chi connectivity index (χ1v) is 10.3. The summed E-state index contributed by atoms with van der Waals surface area (Å²) in [7, 11) is 3.30. The highest BCUT2D eigenvalue weighted by atomic mass is 79.9. The van der Waals surface area contributed by atoms with Gasteiger partial charge in [-0.05, 0) is 48.4 Å². The van der Waals surface area contributed by atoms with Crippen LogP contribution in [0.25, 0.3) is 0 Å². The number of anilines is 4. The predicted molar refractivity (Wildman–Crippen MR) is 118 cm³/mol. The fourth-order valence-electron chi connectivity index (χ4n) is 3.06. The standard InChI is InChI=1S/C22H22BrF3N4/c1-4-5-15-6-10-17(11-7-15)29(2)20-19(22(24,25)26)14-27-21(28-20)30(3)18-12-8-16(23)9-13-18/h6-14H,4-5H2,1-3H3. The third-order valence-corrected chi connectivity index (χ3v) is 5.28. The molecule has 0 atom stereocenters. The molecule has 3 rings (SSSR count). The first-order valence-electron chi connectivity index (χ1n) is 9.47. The van der Waals surface area contributed by atoms with Crippen LogP contribution in [0.15, 0.2) is 59.2 Å². The summed E-state index contributed by atoms with van der Waals surface area (Å²) in [5, 5.41) is 0. The van der Waals surface area contributed by atoms with Crippen LogP contribution >= 0.6 is 15.9 Å². The molecule has 0 aliphatic carbocycles. The van der Waals surface area contributed by atoms with Gasteiger partial charge in [-0.3, -0.25) is 0 Å². The molecule has 0 saturated carbocycles. The van der Waals surface area contributed by atoms with Gasteiger partial charge in [0.25, 0.3) is 0 Å². The van der Waals surface area contributed by atoms with E-state index in [1.165, 1.54) is 4.90 Å². The van der Waals surface area contributed by atoms with E-state index in [0.29, 0.717) is 5.69 Å². The number of hydrogen-bond acceptors (Lipinski definition) is 4. The molecule has 158 valence electrons. The lowest BCUT2D eigenvalue weighted by Crippen LogP contribution is -2.21. The largest absolute Gasteiger partial charge is 0.421 e. The molecule has 8 heteroatoms. The van der Waals surface area contributed by atoms with Gasteiger partial charge in [-0.25, -0.2) is 4.98 Å². The van der Waals surface area contributed by atoms with Gasteiger partial charge in [-0.15, -0.1) is 0 Å². The molecule has 0 unspecified atom stereocenters. The molecule has 0 radical (unpaired) electrons. The summed E-state index contributed by atoms with van der Waals surface area (Å²) < 4.78 is 41.9. The van der Waals surface area contributed by atoms with Crippen molar-refractivity contribution in [2.75, 3.05) is 23.9 Å². The number of aryl methyl sites for hydroxylation is 1. The van der Waals surface area contributed by atoms with E-state index in [1.54, 1.807) is 19.0 Å². The van der Waals surface area contributed by atoms with Gasteiger partial charge < -0.3 is 9.80 Å². The van der Waals surface area contributed by atoms with Crippen LogP contribution in [0.5, 0.6) is 0 Å². The molecule has 1 heterocycles. The number of alkyl halides is 3. The molecular formula is C22H22BrF3N4. The van der Waals surface area contributed by atoms with Gasteiger partial charge >= 0.3 is 6.18 Å². The molecule has 0 spiro atoms. The zero-order chi connectivity index (χ0) is 21.9. The van der Waals surface area contributed by atoms with E-state index in [4.69, 9.17) is 0 Å². The van der Waals surface area contributed by atoms with Crippen LogP contribution in [0, 0.1) is 0 Å². The summed E-state index contributed by atoms with van der Waals surface area (Å²) >= 11 is 3.37. The van der Waals surface area contributed by atoms with Crippen LogP contribution in [0.3, 0.4) is 0 Å². The van der Waals surface area contributed by atoms with E-state index in [1.807, 2.05) is 48.5 Å². The third kappa shape index (κ3) is 4.92. The van der Waals surface area contributed by atoms with Gasteiger partial charge in [0, 0.05) is 36.1 Å². The Morgan fingerprint density at radius 2 is 1.47 bits per heavy atom. The predicted octanol–water partition coefficient (Wildman–Crippen LogP) is 6.75. The molecule has 0 fully saturated rings. The highest BCUT2D eigenvalue weighted by Crippen LogP contribution is 2.38. The van der Waals surface area contributed by atoms with Crippen LogP contribution in [0.1, 0.15) is 24.5 Å². The molecule has 0 bridgehead atoms. The van der Waals surface area contributed by atoms with Crippen LogP contribution in [0.4, 0.5) is 36.3 Å². The van der Waals surface area contributed by atoms with Crippen LogP contribution in [-0.4, -0.2) is 24.1 Å². The summed E-state index contributed by atoms with van der Waals surface area (Å²) in [5.74, 6) is -0.0190. The Morgan fingerprint density at radius 3 is 2.03 bits per heavy atom. The molecule has 0 aliphatic heterocycles. The molecule has 0 saturated heterocycles. The topological polar surface area (TPSA) is 32.3 Å². The quantitative estimate of drug-likeness (QED) is 0.392. The van der Waals surface area contributed by atoms with Crippen LogP contribution in [-0.2, 0) is 12.6 Å². The maximum absolute atomic E-state index is 13.7. The SMILES string of the molecule is CCCc1ccc(N(C)c2nc(N(C)c3ccc(Br)cc3)ncc2C(F)(F)F)cc1. The number of nitrogens with zero attached hydrogens (tertiary/aromatic N) is 4. The first kappa shape index (κ1) is 22.1. The molecule has 2 aromatic carbocycles. The summed E-state index contributed by atoms with van der Waals surface area (Å²) in [6.07, 6.45) is -1.80. The Bertz CT molecular complexity index is 989. The Hall–Kier alpha value is -2.61. The molecular weight excluding hydrogens is 457 g/mol. The van der Waals surface area contributed by atoms with Crippen molar-refractivity contribution in [3.05, 3.63) is 70.3 Å². The van der Waals surface area contributed by atoms with Gasteiger partial charge in [0.15, 0.2) is 5.82 Å². The van der Waals surface area contributed by atoms with Gasteiger partial charge in [-0.1, -0.05) is 41.4 Å². The highest BCUT2D eigenvalue weighted by molar-refractivity contribution is 9.10. The van der Waals surface area contributed by atoms with E-state index in [9.17, 15) is 13.2 Å². The Labute approximate surface area is 182 Å². The van der Waals surface area contributed by atoms with Crippen LogP contribution in [0.2, 0.25) is 0 Å². The fraction of sp³-hybridized carbons (Fsp3) is 0.273. The molecule has 4 nitrogen and oxygen atoms in total. The number of hydrogen-bond donors (Lipinski definition) is 0. The number of halogens is 4. The van der Waals surface area contributed by atoms with E-state index in [0.717, 1.165) is 34.8 Å². The molecule has 3 aromatic rings. The summed E-state index contributed by atoms with van der Waals surface area (Å²) in [4.78, 5) is 11.3. The Balaban J connectivity index is 2.01. The van der Waals surface area contributed by atoms with Gasteiger partial charge in [0.1, 0.15) is 5.56 Å².